The number of aromatic hydroxyl groups is 1. The number of benzene rings is 2. The first-order valence-corrected chi connectivity index (χ1v) is 8.80. The van der Waals surface area contributed by atoms with Crippen LogP contribution in [0.4, 0.5) is 0 Å². The molecule has 0 fully saturated rings. The third-order valence-electron chi connectivity index (χ3n) is 3.98. The molecule has 1 N–H and O–H groups in total. The highest BCUT2D eigenvalue weighted by Crippen LogP contribution is 2.40. The van der Waals surface area contributed by atoms with Crippen LogP contribution in [0.3, 0.4) is 0 Å². The molecule has 2 heterocycles. The van der Waals surface area contributed by atoms with Gasteiger partial charge in [-0.3, -0.25) is 4.98 Å². The number of pyridine rings is 1. The Hall–Kier alpha value is -2.98. The van der Waals surface area contributed by atoms with Gasteiger partial charge in [-0.05, 0) is 55.0 Å². The standard InChI is InChI=1S/C21H16N2OS/c1-14-3-2-4-17(13-14)19-20(15-9-11-22-12-10-15)25-21(23-19)16-5-7-18(24)8-6-16/h2-13,24H,1H3. The Morgan fingerprint density at radius 2 is 1.60 bits per heavy atom. The predicted octanol–water partition coefficient (Wildman–Crippen LogP) is 5.55. The van der Waals surface area contributed by atoms with Gasteiger partial charge in [-0.15, -0.1) is 11.3 Å². The van der Waals surface area contributed by atoms with E-state index < -0.39 is 0 Å². The smallest absolute Gasteiger partial charge is 0.124 e. The van der Waals surface area contributed by atoms with Crippen molar-refractivity contribution in [1.82, 2.24) is 9.97 Å². The first-order chi connectivity index (χ1) is 12.2. The van der Waals surface area contributed by atoms with E-state index in [9.17, 15) is 5.11 Å². The van der Waals surface area contributed by atoms with Gasteiger partial charge >= 0.3 is 0 Å². The molecule has 3 nitrogen and oxygen atoms in total. The fraction of sp³-hybridized carbons (Fsp3) is 0.0476. The van der Waals surface area contributed by atoms with Crippen molar-refractivity contribution < 1.29 is 5.11 Å². The molecule has 0 saturated heterocycles. The van der Waals surface area contributed by atoms with E-state index in [4.69, 9.17) is 4.98 Å². The summed E-state index contributed by atoms with van der Waals surface area (Å²) in [5.41, 5.74) is 5.39. The summed E-state index contributed by atoms with van der Waals surface area (Å²) in [5.74, 6) is 0.258. The topological polar surface area (TPSA) is 46.0 Å². The number of aryl methyl sites for hydroxylation is 1. The molecule has 4 rings (SSSR count). The zero-order chi connectivity index (χ0) is 17.2. The molecule has 0 spiro atoms. The number of aromatic nitrogens is 2. The third kappa shape index (κ3) is 3.16. The van der Waals surface area contributed by atoms with Crippen molar-refractivity contribution >= 4 is 11.3 Å². The summed E-state index contributed by atoms with van der Waals surface area (Å²) in [5, 5.41) is 10.5. The van der Waals surface area contributed by atoms with E-state index >= 15 is 0 Å². The minimum Gasteiger partial charge on any atom is -0.508 e. The minimum atomic E-state index is 0.258. The molecule has 0 aliphatic carbocycles. The van der Waals surface area contributed by atoms with Crippen LogP contribution in [-0.4, -0.2) is 15.1 Å². The van der Waals surface area contributed by atoms with Crippen LogP contribution >= 0.6 is 11.3 Å². The first-order valence-electron chi connectivity index (χ1n) is 7.98. The van der Waals surface area contributed by atoms with E-state index in [-0.39, 0.29) is 5.75 Å². The number of thiazole rings is 1. The van der Waals surface area contributed by atoms with Crippen molar-refractivity contribution in [1.29, 1.82) is 0 Å². The molecule has 25 heavy (non-hydrogen) atoms. The number of phenolic OH excluding ortho intramolecular Hbond substituents is 1. The summed E-state index contributed by atoms with van der Waals surface area (Å²) in [7, 11) is 0. The van der Waals surface area contributed by atoms with Crippen LogP contribution in [0.2, 0.25) is 0 Å². The monoisotopic (exact) mass is 344 g/mol. The van der Waals surface area contributed by atoms with Gasteiger partial charge in [-0.2, -0.15) is 0 Å². The molecule has 4 heteroatoms. The van der Waals surface area contributed by atoms with E-state index in [1.165, 1.54) is 5.56 Å². The molecule has 122 valence electrons. The average molecular weight is 344 g/mol. The van der Waals surface area contributed by atoms with Crippen LogP contribution in [-0.2, 0) is 0 Å². The second kappa shape index (κ2) is 6.49. The fourth-order valence-corrected chi connectivity index (χ4v) is 3.83. The molecule has 2 aromatic heterocycles. The van der Waals surface area contributed by atoms with Crippen molar-refractivity contribution in [3.63, 3.8) is 0 Å². The van der Waals surface area contributed by atoms with Gasteiger partial charge in [-0.25, -0.2) is 4.98 Å². The van der Waals surface area contributed by atoms with E-state index in [1.54, 1.807) is 35.9 Å². The van der Waals surface area contributed by atoms with Gasteiger partial charge in [0, 0.05) is 23.5 Å². The summed E-state index contributed by atoms with van der Waals surface area (Å²) >= 11 is 1.65. The Morgan fingerprint density at radius 3 is 2.32 bits per heavy atom. The Morgan fingerprint density at radius 1 is 0.840 bits per heavy atom. The lowest BCUT2D eigenvalue weighted by molar-refractivity contribution is 0.475. The third-order valence-corrected chi connectivity index (χ3v) is 5.13. The highest BCUT2D eigenvalue weighted by molar-refractivity contribution is 7.19. The van der Waals surface area contributed by atoms with Gasteiger partial charge in [-0.1, -0.05) is 23.8 Å². The molecule has 0 unspecified atom stereocenters. The van der Waals surface area contributed by atoms with Crippen LogP contribution < -0.4 is 0 Å². The lowest BCUT2D eigenvalue weighted by Crippen LogP contribution is -1.84. The lowest BCUT2D eigenvalue weighted by atomic mass is 10.1. The highest BCUT2D eigenvalue weighted by Gasteiger charge is 2.16. The molecule has 0 bridgehead atoms. The van der Waals surface area contributed by atoms with Gasteiger partial charge < -0.3 is 5.11 Å². The quantitative estimate of drug-likeness (QED) is 0.530. The normalized spacial score (nSPS) is 10.8. The average Bonchev–Trinajstić information content (AvgIpc) is 3.08. The zero-order valence-corrected chi connectivity index (χ0v) is 14.5. The minimum absolute atomic E-state index is 0.258. The lowest BCUT2D eigenvalue weighted by Gasteiger charge is -2.03. The number of nitrogens with zero attached hydrogens (tertiary/aromatic N) is 2. The van der Waals surface area contributed by atoms with Crippen LogP contribution in [0.15, 0.2) is 73.1 Å². The Labute approximate surface area is 150 Å². The summed E-state index contributed by atoms with van der Waals surface area (Å²) < 4.78 is 0. The van der Waals surface area contributed by atoms with Crippen molar-refractivity contribution in [2.45, 2.75) is 6.92 Å². The van der Waals surface area contributed by atoms with Crippen LogP contribution in [0.25, 0.3) is 32.3 Å². The first kappa shape index (κ1) is 15.5. The fourth-order valence-electron chi connectivity index (χ4n) is 2.73. The summed E-state index contributed by atoms with van der Waals surface area (Å²) in [6.07, 6.45) is 3.60. The number of rotatable bonds is 3. The zero-order valence-electron chi connectivity index (χ0n) is 13.7. The number of phenols is 1. The van der Waals surface area contributed by atoms with E-state index in [1.807, 2.05) is 24.3 Å². The second-order valence-corrected chi connectivity index (χ2v) is 6.85. The SMILES string of the molecule is Cc1cccc(-c2nc(-c3ccc(O)cc3)sc2-c2ccncc2)c1. The van der Waals surface area contributed by atoms with Crippen LogP contribution in [0.5, 0.6) is 5.75 Å². The second-order valence-electron chi connectivity index (χ2n) is 5.85. The molecule has 0 aliphatic heterocycles. The Kier molecular flexibility index (Phi) is 4.04. The van der Waals surface area contributed by atoms with Gasteiger partial charge in [0.1, 0.15) is 10.8 Å². The van der Waals surface area contributed by atoms with Gasteiger partial charge in [0.05, 0.1) is 10.6 Å². The van der Waals surface area contributed by atoms with Gasteiger partial charge in [0.2, 0.25) is 0 Å². The molecule has 0 aliphatic rings. The number of hydrogen-bond donors (Lipinski definition) is 1. The van der Waals surface area contributed by atoms with Crippen molar-refractivity contribution in [2.24, 2.45) is 0 Å². The molecule has 0 saturated carbocycles. The van der Waals surface area contributed by atoms with Crippen LogP contribution in [0, 0.1) is 6.92 Å². The number of hydrogen-bond acceptors (Lipinski definition) is 4. The van der Waals surface area contributed by atoms with E-state index in [2.05, 4.69) is 36.2 Å². The Balaban J connectivity index is 1.90. The highest BCUT2D eigenvalue weighted by atomic mass is 32.1. The molecule has 0 radical (unpaired) electrons. The molecular formula is C21H16N2OS. The molecule has 0 atom stereocenters. The molecule has 2 aromatic carbocycles. The van der Waals surface area contributed by atoms with Crippen molar-refractivity contribution in [2.75, 3.05) is 0 Å². The maximum absolute atomic E-state index is 9.53. The van der Waals surface area contributed by atoms with E-state index in [0.717, 1.165) is 32.3 Å². The van der Waals surface area contributed by atoms with E-state index in [0.29, 0.717) is 0 Å². The predicted molar refractivity (Wildman–Crippen MR) is 103 cm³/mol. The van der Waals surface area contributed by atoms with Gasteiger partial charge in [0.15, 0.2) is 0 Å². The summed E-state index contributed by atoms with van der Waals surface area (Å²) in [6.45, 7) is 2.09. The summed E-state index contributed by atoms with van der Waals surface area (Å²) in [6, 6.07) is 19.6. The van der Waals surface area contributed by atoms with Gasteiger partial charge in [0.25, 0.3) is 0 Å². The van der Waals surface area contributed by atoms with Crippen molar-refractivity contribution in [3.8, 4) is 38.0 Å². The largest absolute Gasteiger partial charge is 0.508 e. The van der Waals surface area contributed by atoms with Crippen LogP contribution in [0.1, 0.15) is 5.56 Å². The summed E-state index contributed by atoms with van der Waals surface area (Å²) in [4.78, 5) is 10.2. The van der Waals surface area contributed by atoms with Crippen molar-refractivity contribution in [3.05, 3.63) is 78.6 Å². The molecule has 0 amide bonds. The molecule has 4 aromatic rings. The Bertz CT molecular complexity index is 1010. The maximum atomic E-state index is 9.53. The maximum Gasteiger partial charge on any atom is 0.124 e. The molecular weight excluding hydrogens is 328 g/mol.